The first-order valence-electron chi connectivity index (χ1n) is 11.7. The molecule has 0 atom stereocenters. The van der Waals surface area contributed by atoms with E-state index in [9.17, 15) is 4.39 Å². The number of rotatable bonds is 8. The zero-order chi connectivity index (χ0) is 24.4. The maximum Gasteiger partial charge on any atom is 0.333 e. The van der Waals surface area contributed by atoms with Crippen LogP contribution in [0.4, 0.5) is 19.0 Å². The Morgan fingerprint density at radius 3 is 2.63 bits per heavy atom. The first kappa shape index (κ1) is 23.5. The van der Waals surface area contributed by atoms with Gasteiger partial charge in [-0.05, 0) is 80.4 Å². The normalized spacial score (nSPS) is 16.7. The monoisotopic (exact) mass is 484 g/mol. The summed E-state index contributed by atoms with van der Waals surface area (Å²) in [6.07, 6.45) is 5.97. The Balaban J connectivity index is 1.43. The first-order chi connectivity index (χ1) is 16.9. The third kappa shape index (κ3) is 5.23. The smallest absolute Gasteiger partial charge is 0.333 e. The molecule has 0 bridgehead atoms. The van der Waals surface area contributed by atoms with Gasteiger partial charge in [-0.2, -0.15) is 8.78 Å². The topological polar surface area (TPSA) is 67.1 Å². The highest BCUT2D eigenvalue weighted by atomic mass is 19.3. The SMILES string of the molecule is CC1=CC(Nc2nc(C(F)(F)c3ccc(F)cc3)nn3cc(COCCN4CCCC4)cc23)=NC1. The van der Waals surface area contributed by atoms with Gasteiger partial charge in [0, 0.05) is 18.3 Å². The number of fused-ring (bicyclic) bond motifs is 1. The highest BCUT2D eigenvalue weighted by molar-refractivity contribution is 6.06. The second kappa shape index (κ2) is 9.79. The van der Waals surface area contributed by atoms with Gasteiger partial charge in [-0.15, -0.1) is 5.10 Å². The number of nitrogens with one attached hydrogen (secondary N) is 1. The molecule has 3 aromatic rings. The van der Waals surface area contributed by atoms with Crippen LogP contribution >= 0.6 is 0 Å². The molecule has 1 N–H and O–H groups in total. The standard InChI is InChI=1S/C25H27F3N6O/c1-17-12-22(29-14-17)30-23-21-13-18(16-35-11-10-33-8-2-3-9-33)15-34(21)32-24(31-23)25(27,28)19-4-6-20(26)7-5-19/h4-7,12-13,15H,2-3,8-11,14,16H2,1H3,(H,29,30,31,32). The lowest BCUT2D eigenvalue weighted by atomic mass is 10.1. The Morgan fingerprint density at radius 1 is 1.14 bits per heavy atom. The van der Waals surface area contributed by atoms with Crippen LogP contribution in [0.2, 0.25) is 0 Å². The van der Waals surface area contributed by atoms with Gasteiger partial charge in [-0.1, -0.05) is 0 Å². The van der Waals surface area contributed by atoms with Crippen molar-refractivity contribution in [1.82, 2.24) is 19.5 Å². The average molecular weight is 485 g/mol. The van der Waals surface area contributed by atoms with E-state index in [0.717, 1.165) is 55.0 Å². The van der Waals surface area contributed by atoms with Crippen molar-refractivity contribution in [1.29, 1.82) is 0 Å². The molecule has 7 nitrogen and oxygen atoms in total. The van der Waals surface area contributed by atoms with Crippen molar-refractivity contribution in [2.45, 2.75) is 32.3 Å². The Labute approximate surface area is 201 Å². The fourth-order valence-electron chi connectivity index (χ4n) is 4.27. The number of ether oxygens (including phenoxy) is 1. The van der Waals surface area contributed by atoms with Crippen LogP contribution in [-0.4, -0.2) is 58.1 Å². The molecular weight excluding hydrogens is 457 g/mol. The Kier molecular flexibility index (Phi) is 6.57. The molecular formula is C25H27F3N6O. The molecule has 0 spiro atoms. The van der Waals surface area contributed by atoms with E-state index in [2.05, 4.69) is 25.3 Å². The largest absolute Gasteiger partial charge is 0.375 e. The number of amidine groups is 1. The van der Waals surface area contributed by atoms with Gasteiger partial charge >= 0.3 is 5.92 Å². The van der Waals surface area contributed by atoms with E-state index in [1.807, 2.05) is 19.1 Å². The number of aliphatic imine (C=N–C) groups is 1. The van der Waals surface area contributed by atoms with Crippen LogP contribution in [0.1, 0.15) is 36.7 Å². The third-order valence-corrected chi connectivity index (χ3v) is 6.16. The minimum atomic E-state index is -3.53. The lowest BCUT2D eigenvalue weighted by Crippen LogP contribution is -2.23. The summed E-state index contributed by atoms with van der Waals surface area (Å²) in [6, 6.07) is 5.89. The molecule has 2 aromatic heterocycles. The van der Waals surface area contributed by atoms with Crippen LogP contribution in [0, 0.1) is 5.82 Å². The highest BCUT2D eigenvalue weighted by Gasteiger charge is 2.39. The number of hydrogen-bond donors (Lipinski definition) is 1. The summed E-state index contributed by atoms with van der Waals surface area (Å²) < 4.78 is 51.2. The van der Waals surface area contributed by atoms with Crippen molar-refractivity contribution in [2.75, 3.05) is 38.1 Å². The fourth-order valence-corrected chi connectivity index (χ4v) is 4.27. The summed E-state index contributed by atoms with van der Waals surface area (Å²) in [4.78, 5) is 10.9. The second-order valence-electron chi connectivity index (χ2n) is 8.96. The number of anilines is 1. The van der Waals surface area contributed by atoms with Crippen molar-refractivity contribution < 1.29 is 17.9 Å². The number of hydrogen-bond acceptors (Lipinski definition) is 6. The summed E-state index contributed by atoms with van der Waals surface area (Å²) in [6.45, 7) is 6.49. The number of likely N-dealkylation sites (tertiary alicyclic amines) is 1. The molecule has 0 radical (unpaired) electrons. The number of aromatic nitrogens is 3. The van der Waals surface area contributed by atoms with E-state index in [1.54, 1.807) is 6.20 Å². The van der Waals surface area contributed by atoms with Crippen LogP contribution in [0.25, 0.3) is 5.52 Å². The fraction of sp³-hybridized carbons (Fsp3) is 0.400. The number of nitrogens with zero attached hydrogens (tertiary/aromatic N) is 5. The van der Waals surface area contributed by atoms with Crippen molar-refractivity contribution in [3.8, 4) is 0 Å². The molecule has 1 aromatic carbocycles. The predicted octanol–water partition coefficient (Wildman–Crippen LogP) is 4.39. The van der Waals surface area contributed by atoms with Crippen LogP contribution in [0.5, 0.6) is 0 Å². The molecule has 0 aliphatic carbocycles. The van der Waals surface area contributed by atoms with Gasteiger partial charge in [-0.3, -0.25) is 4.99 Å². The third-order valence-electron chi connectivity index (χ3n) is 6.16. The summed E-state index contributed by atoms with van der Waals surface area (Å²) in [7, 11) is 0. The summed E-state index contributed by atoms with van der Waals surface area (Å²) in [5, 5.41) is 7.18. The van der Waals surface area contributed by atoms with Gasteiger partial charge < -0.3 is 15.0 Å². The maximum absolute atomic E-state index is 15.3. The molecule has 4 heterocycles. The van der Waals surface area contributed by atoms with Gasteiger partial charge in [0.05, 0.1) is 19.8 Å². The van der Waals surface area contributed by atoms with Gasteiger partial charge in [0.25, 0.3) is 0 Å². The van der Waals surface area contributed by atoms with Gasteiger partial charge in [0.15, 0.2) is 5.82 Å². The first-order valence-corrected chi connectivity index (χ1v) is 11.7. The molecule has 1 saturated heterocycles. The van der Waals surface area contributed by atoms with Gasteiger partial charge in [0.1, 0.15) is 17.2 Å². The summed E-state index contributed by atoms with van der Waals surface area (Å²) in [5.74, 6) is -4.06. The van der Waals surface area contributed by atoms with Gasteiger partial charge in [-0.25, -0.2) is 13.9 Å². The zero-order valence-electron chi connectivity index (χ0n) is 19.5. The maximum atomic E-state index is 15.3. The Morgan fingerprint density at radius 2 is 1.91 bits per heavy atom. The molecule has 0 saturated carbocycles. The van der Waals surface area contributed by atoms with Crippen molar-refractivity contribution in [2.24, 2.45) is 4.99 Å². The Hall–Kier alpha value is -3.24. The minimum absolute atomic E-state index is 0.213. The second-order valence-corrected chi connectivity index (χ2v) is 8.96. The number of halogens is 3. The van der Waals surface area contributed by atoms with Crippen molar-refractivity contribution in [3.63, 3.8) is 0 Å². The number of alkyl halides is 2. The lowest BCUT2D eigenvalue weighted by Gasteiger charge is -2.17. The number of benzene rings is 1. The van der Waals surface area contributed by atoms with E-state index >= 15 is 8.78 Å². The highest BCUT2D eigenvalue weighted by Crippen LogP contribution is 2.34. The van der Waals surface area contributed by atoms with Crippen LogP contribution in [0.15, 0.2) is 53.2 Å². The summed E-state index contributed by atoms with van der Waals surface area (Å²) >= 11 is 0. The molecule has 1 fully saturated rings. The quantitative estimate of drug-likeness (QED) is 0.481. The zero-order valence-corrected chi connectivity index (χ0v) is 19.5. The molecule has 2 aliphatic rings. The molecule has 184 valence electrons. The van der Waals surface area contributed by atoms with E-state index in [4.69, 9.17) is 4.74 Å². The van der Waals surface area contributed by atoms with E-state index in [-0.39, 0.29) is 5.82 Å². The molecule has 10 heteroatoms. The van der Waals surface area contributed by atoms with Crippen LogP contribution in [-0.2, 0) is 17.3 Å². The van der Waals surface area contributed by atoms with E-state index < -0.39 is 23.1 Å². The summed E-state index contributed by atoms with van der Waals surface area (Å²) in [5.41, 5.74) is 1.99. The molecule has 2 aliphatic heterocycles. The average Bonchev–Trinajstić information content (AvgIpc) is 3.58. The van der Waals surface area contributed by atoms with Crippen LogP contribution in [0.3, 0.4) is 0 Å². The molecule has 35 heavy (non-hydrogen) atoms. The van der Waals surface area contributed by atoms with E-state index in [0.29, 0.717) is 31.1 Å². The lowest BCUT2D eigenvalue weighted by molar-refractivity contribution is 0.0315. The van der Waals surface area contributed by atoms with Crippen molar-refractivity contribution in [3.05, 3.63) is 70.9 Å². The van der Waals surface area contributed by atoms with E-state index in [1.165, 1.54) is 17.4 Å². The van der Waals surface area contributed by atoms with Crippen molar-refractivity contribution >= 4 is 17.2 Å². The minimum Gasteiger partial charge on any atom is -0.375 e. The molecule has 5 rings (SSSR count). The van der Waals surface area contributed by atoms with Gasteiger partial charge in [0.2, 0.25) is 5.82 Å². The molecule has 0 amide bonds. The molecule has 0 unspecified atom stereocenters. The predicted molar refractivity (Wildman–Crippen MR) is 127 cm³/mol. The Bertz CT molecular complexity index is 1260. The van der Waals surface area contributed by atoms with Crippen LogP contribution < -0.4 is 5.32 Å².